The first-order valence-corrected chi connectivity index (χ1v) is 5.89. The zero-order valence-electron chi connectivity index (χ0n) is 10.2. The van der Waals surface area contributed by atoms with Crippen LogP contribution in [0.15, 0.2) is 0 Å². The maximum absolute atomic E-state index is 11.5. The van der Waals surface area contributed by atoms with Gasteiger partial charge in [-0.05, 0) is 25.7 Å². The SMILES string of the molecule is C#CCOC(=O)C1CCC(C(=O)OCC#C)CC1. The smallest absolute Gasteiger partial charge is 0.309 e. The molecule has 1 saturated carbocycles. The van der Waals surface area contributed by atoms with Gasteiger partial charge in [0.25, 0.3) is 0 Å². The monoisotopic (exact) mass is 248 g/mol. The van der Waals surface area contributed by atoms with Crippen LogP contribution in [0.3, 0.4) is 0 Å². The van der Waals surface area contributed by atoms with Gasteiger partial charge in [0.2, 0.25) is 0 Å². The number of carbonyl (C=O) groups excluding carboxylic acids is 2. The Kier molecular flexibility index (Phi) is 5.80. The zero-order valence-corrected chi connectivity index (χ0v) is 10.2. The van der Waals surface area contributed by atoms with Crippen molar-refractivity contribution in [2.24, 2.45) is 11.8 Å². The van der Waals surface area contributed by atoms with Crippen molar-refractivity contribution in [3.63, 3.8) is 0 Å². The molecule has 0 aromatic carbocycles. The summed E-state index contributed by atoms with van der Waals surface area (Å²) in [5.41, 5.74) is 0. The van der Waals surface area contributed by atoms with Gasteiger partial charge in [0.15, 0.2) is 13.2 Å². The predicted octanol–water partition coefficient (Wildman–Crippen LogP) is 1.15. The summed E-state index contributed by atoms with van der Waals surface area (Å²) in [6.07, 6.45) is 12.5. The minimum Gasteiger partial charge on any atom is -0.452 e. The van der Waals surface area contributed by atoms with Gasteiger partial charge < -0.3 is 9.47 Å². The molecule has 1 rings (SSSR count). The van der Waals surface area contributed by atoms with E-state index >= 15 is 0 Å². The van der Waals surface area contributed by atoms with Gasteiger partial charge in [-0.25, -0.2) is 0 Å². The highest BCUT2D eigenvalue weighted by atomic mass is 16.5. The molecule has 0 aromatic rings. The predicted molar refractivity (Wildman–Crippen MR) is 65.0 cm³/mol. The average molecular weight is 248 g/mol. The Morgan fingerprint density at radius 1 is 0.889 bits per heavy atom. The van der Waals surface area contributed by atoms with Crippen LogP contribution in [0.2, 0.25) is 0 Å². The molecular weight excluding hydrogens is 232 g/mol. The van der Waals surface area contributed by atoms with E-state index in [4.69, 9.17) is 22.3 Å². The van der Waals surface area contributed by atoms with Crippen molar-refractivity contribution in [3.8, 4) is 24.7 Å². The summed E-state index contributed by atoms with van der Waals surface area (Å²) in [4.78, 5) is 23.1. The van der Waals surface area contributed by atoms with E-state index in [9.17, 15) is 9.59 Å². The third-order valence-corrected chi connectivity index (χ3v) is 2.99. The lowest BCUT2D eigenvalue weighted by molar-refractivity contribution is -0.153. The fourth-order valence-corrected chi connectivity index (χ4v) is 2.03. The molecule has 4 heteroatoms. The minimum atomic E-state index is -0.275. The zero-order chi connectivity index (χ0) is 13.4. The van der Waals surface area contributed by atoms with E-state index in [0.717, 1.165) is 0 Å². The Morgan fingerprint density at radius 3 is 1.50 bits per heavy atom. The first kappa shape index (κ1) is 14.1. The highest BCUT2D eigenvalue weighted by Gasteiger charge is 2.31. The molecule has 4 nitrogen and oxygen atoms in total. The summed E-state index contributed by atoms with van der Waals surface area (Å²) in [5, 5.41) is 0. The third kappa shape index (κ3) is 4.14. The highest BCUT2D eigenvalue weighted by molar-refractivity contribution is 5.75. The lowest BCUT2D eigenvalue weighted by Gasteiger charge is -2.25. The molecule has 1 fully saturated rings. The molecule has 18 heavy (non-hydrogen) atoms. The van der Waals surface area contributed by atoms with E-state index in [2.05, 4.69) is 11.8 Å². The Balaban J connectivity index is 2.33. The van der Waals surface area contributed by atoms with Crippen LogP contribution in [-0.4, -0.2) is 25.2 Å². The minimum absolute atomic E-state index is 0.00295. The van der Waals surface area contributed by atoms with Gasteiger partial charge in [-0.3, -0.25) is 9.59 Å². The second kappa shape index (κ2) is 7.40. The van der Waals surface area contributed by atoms with E-state index in [-0.39, 0.29) is 37.0 Å². The molecular formula is C14H16O4. The summed E-state index contributed by atoms with van der Waals surface area (Å²) in [5.74, 6) is 3.64. The molecule has 1 aliphatic rings. The van der Waals surface area contributed by atoms with E-state index in [1.807, 2.05) is 0 Å². The van der Waals surface area contributed by atoms with Crippen LogP contribution in [0, 0.1) is 36.5 Å². The molecule has 0 aliphatic heterocycles. The van der Waals surface area contributed by atoms with E-state index in [1.54, 1.807) is 0 Å². The van der Waals surface area contributed by atoms with Crippen molar-refractivity contribution in [3.05, 3.63) is 0 Å². The van der Waals surface area contributed by atoms with Gasteiger partial charge in [-0.2, -0.15) is 0 Å². The van der Waals surface area contributed by atoms with Crippen molar-refractivity contribution in [2.45, 2.75) is 25.7 Å². The van der Waals surface area contributed by atoms with Gasteiger partial charge in [0.05, 0.1) is 11.8 Å². The average Bonchev–Trinajstić information content (AvgIpc) is 2.42. The van der Waals surface area contributed by atoms with E-state index < -0.39 is 0 Å². The second-order valence-corrected chi connectivity index (χ2v) is 4.17. The Morgan fingerprint density at radius 2 is 1.22 bits per heavy atom. The van der Waals surface area contributed by atoms with Crippen LogP contribution >= 0.6 is 0 Å². The molecule has 0 saturated heterocycles. The van der Waals surface area contributed by atoms with Crippen molar-refractivity contribution in [1.29, 1.82) is 0 Å². The summed E-state index contributed by atoms with van der Waals surface area (Å²) in [6.45, 7) is 0.00590. The summed E-state index contributed by atoms with van der Waals surface area (Å²) in [7, 11) is 0. The molecule has 0 spiro atoms. The molecule has 1 aliphatic carbocycles. The Hall–Kier alpha value is -1.94. The van der Waals surface area contributed by atoms with Gasteiger partial charge in [-0.15, -0.1) is 12.8 Å². The van der Waals surface area contributed by atoms with Crippen LogP contribution < -0.4 is 0 Å². The van der Waals surface area contributed by atoms with Gasteiger partial charge in [0.1, 0.15) is 0 Å². The summed E-state index contributed by atoms with van der Waals surface area (Å²) >= 11 is 0. The maximum Gasteiger partial charge on any atom is 0.309 e. The van der Waals surface area contributed by atoms with Crippen LogP contribution in [0.4, 0.5) is 0 Å². The lowest BCUT2D eigenvalue weighted by Crippen LogP contribution is -2.28. The first-order chi connectivity index (χ1) is 8.69. The van der Waals surface area contributed by atoms with E-state index in [1.165, 1.54) is 0 Å². The van der Waals surface area contributed by atoms with Crippen molar-refractivity contribution in [2.75, 3.05) is 13.2 Å². The number of ether oxygens (including phenoxy) is 2. The second-order valence-electron chi connectivity index (χ2n) is 4.17. The van der Waals surface area contributed by atoms with Crippen LogP contribution in [0.25, 0.3) is 0 Å². The van der Waals surface area contributed by atoms with E-state index in [0.29, 0.717) is 25.7 Å². The number of hydrogen-bond acceptors (Lipinski definition) is 4. The van der Waals surface area contributed by atoms with Gasteiger partial charge in [-0.1, -0.05) is 11.8 Å². The Bertz CT molecular complexity index is 340. The number of esters is 2. The lowest BCUT2D eigenvalue weighted by atomic mass is 9.82. The number of terminal acetylenes is 2. The molecule has 0 aromatic heterocycles. The standard InChI is InChI=1S/C14H16O4/c1-3-9-17-13(15)11-5-7-12(8-6-11)14(16)18-10-4-2/h1-2,11-12H,5-10H2. The fourth-order valence-electron chi connectivity index (χ4n) is 2.03. The van der Waals surface area contributed by atoms with Gasteiger partial charge in [0, 0.05) is 0 Å². The third-order valence-electron chi connectivity index (χ3n) is 2.99. The largest absolute Gasteiger partial charge is 0.452 e. The summed E-state index contributed by atoms with van der Waals surface area (Å²) in [6, 6.07) is 0. The fraction of sp³-hybridized carbons (Fsp3) is 0.571. The van der Waals surface area contributed by atoms with Crippen molar-refractivity contribution >= 4 is 11.9 Å². The molecule has 0 N–H and O–H groups in total. The maximum atomic E-state index is 11.5. The normalized spacial score (nSPS) is 22.3. The quantitative estimate of drug-likeness (QED) is 0.553. The number of rotatable bonds is 4. The van der Waals surface area contributed by atoms with Crippen LogP contribution in [0.5, 0.6) is 0 Å². The molecule has 0 atom stereocenters. The molecule has 0 bridgehead atoms. The Labute approximate surface area is 107 Å². The number of hydrogen-bond donors (Lipinski definition) is 0. The summed E-state index contributed by atoms with van der Waals surface area (Å²) < 4.78 is 9.75. The van der Waals surface area contributed by atoms with Crippen molar-refractivity contribution < 1.29 is 19.1 Å². The molecule has 0 heterocycles. The van der Waals surface area contributed by atoms with Gasteiger partial charge >= 0.3 is 11.9 Å². The topological polar surface area (TPSA) is 52.6 Å². The van der Waals surface area contributed by atoms with Crippen molar-refractivity contribution in [1.82, 2.24) is 0 Å². The highest BCUT2D eigenvalue weighted by Crippen LogP contribution is 2.30. The molecule has 0 radical (unpaired) electrons. The molecule has 96 valence electrons. The molecule has 0 amide bonds. The van der Waals surface area contributed by atoms with Crippen LogP contribution in [0.1, 0.15) is 25.7 Å². The van der Waals surface area contributed by atoms with Crippen LogP contribution in [-0.2, 0) is 19.1 Å². The first-order valence-electron chi connectivity index (χ1n) is 5.89. The number of carbonyl (C=O) groups is 2. The molecule has 0 unspecified atom stereocenters.